The van der Waals surface area contributed by atoms with Gasteiger partial charge in [-0.2, -0.15) is 5.10 Å². The van der Waals surface area contributed by atoms with Crippen LogP contribution in [0.4, 0.5) is 5.00 Å². The zero-order valence-electron chi connectivity index (χ0n) is 17.3. The minimum atomic E-state index is -0.0983. The van der Waals surface area contributed by atoms with Gasteiger partial charge >= 0.3 is 0 Å². The van der Waals surface area contributed by atoms with Crippen molar-refractivity contribution in [1.29, 1.82) is 0 Å². The van der Waals surface area contributed by atoms with Gasteiger partial charge in [0.05, 0.1) is 30.9 Å². The molecule has 4 rings (SSSR count). The molecule has 2 aliphatic rings. The molecule has 0 aromatic carbocycles. The maximum Gasteiger partial charge on any atom is 0.257 e. The number of rotatable bonds is 4. The fourth-order valence-corrected chi connectivity index (χ4v) is 5.51. The van der Waals surface area contributed by atoms with E-state index in [1.54, 1.807) is 16.0 Å². The first-order chi connectivity index (χ1) is 14.0. The average molecular weight is 417 g/mol. The van der Waals surface area contributed by atoms with E-state index < -0.39 is 0 Å². The van der Waals surface area contributed by atoms with Crippen molar-refractivity contribution in [2.75, 3.05) is 31.6 Å². The molecule has 2 aromatic rings. The summed E-state index contributed by atoms with van der Waals surface area (Å²) < 4.78 is 7.20. The third-order valence-electron chi connectivity index (χ3n) is 5.93. The first kappa shape index (κ1) is 20.1. The number of carbonyl (C=O) groups is 2. The van der Waals surface area contributed by atoms with Crippen molar-refractivity contribution in [2.45, 2.75) is 46.0 Å². The maximum atomic E-state index is 13.3. The number of amides is 2. The summed E-state index contributed by atoms with van der Waals surface area (Å²) in [6, 6.07) is 0. The number of hydrogen-bond acceptors (Lipinski definition) is 5. The Kier molecular flexibility index (Phi) is 5.74. The molecule has 1 saturated heterocycles. The summed E-state index contributed by atoms with van der Waals surface area (Å²) in [5.41, 5.74) is 4.66. The van der Waals surface area contributed by atoms with Crippen LogP contribution in [0.2, 0.25) is 0 Å². The van der Waals surface area contributed by atoms with Gasteiger partial charge in [0.25, 0.3) is 5.91 Å². The summed E-state index contributed by atoms with van der Waals surface area (Å²) >= 11 is 1.58. The van der Waals surface area contributed by atoms with Crippen molar-refractivity contribution in [3.8, 4) is 0 Å². The Hall–Kier alpha value is -2.19. The molecule has 0 unspecified atom stereocenters. The number of morpholine rings is 1. The fraction of sp³-hybridized carbons (Fsp3) is 0.571. The number of nitrogens with one attached hydrogen (secondary N) is 1. The third-order valence-corrected chi connectivity index (χ3v) is 7.14. The van der Waals surface area contributed by atoms with Gasteiger partial charge in [-0.1, -0.05) is 0 Å². The second-order valence-corrected chi connectivity index (χ2v) is 8.92. The molecule has 1 fully saturated rings. The second kappa shape index (κ2) is 8.28. The normalized spacial score (nSPS) is 16.6. The number of nitrogens with zero attached hydrogens (tertiary/aromatic N) is 3. The van der Waals surface area contributed by atoms with Gasteiger partial charge in [-0.25, -0.2) is 0 Å². The van der Waals surface area contributed by atoms with Gasteiger partial charge in [0.2, 0.25) is 5.91 Å². The highest BCUT2D eigenvalue weighted by Gasteiger charge is 2.30. The predicted molar refractivity (Wildman–Crippen MR) is 113 cm³/mol. The Morgan fingerprint density at radius 1 is 1.17 bits per heavy atom. The lowest BCUT2D eigenvalue weighted by atomic mass is 9.95. The lowest BCUT2D eigenvalue weighted by molar-refractivity contribution is -0.115. The smallest absolute Gasteiger partial charge is 0.257 e. The maximum absolute atomic E-state index is 13.3. The van der Waals surface area contributed by atoms with Gasteiger partial charge in [0.1, 0.15) is 5.00 Å². The van der Waals surface area contributed by atoms with Gasteiger partial charge in [0.15, 0.2) is 0 Å². The molecule has 8 heteroatoms. The van der Waals surface area contributed by atoms with Crippen molar-refractivity contribution in [1.82, 2.24) is 14.7 Å². The van der Waals surface area contributed by atoms with Crippen molar-refractivity contribution in [2.24, 2.45) is 7.05 Å². The van der Waals surface area contributed by atoms with E-state index in [0.29, 0.717) is 36.9 Å². The van der Waals surface area contributed by atoms with Crippen molar-refractivity contribution in [3.63, 3.8) is 0 Å². The Morgan fingerprint density at radius 3 is 2.59 bits per heavy atom. The van der Waals surface area contributed by atoms with Gasteiger partial charge in [-0.3, -0.25) is 14.3 Å². The molecule has 0 spiro atoms. The topological polar surface area (TPSA) is 76.5 Å². The van der Waals surface area contributed by atoms with Crippen molar-refractivity contribution in [3.05, 3.63) is 33.0 Å². The molecule has 1 N–H and O–H groups in total. The lowest BCUT2D eigenvalue weighted by Crippen LogP contribution is -2.41. The van der Waals surface area contributed by atoms with Crippen LogP contribution in [0, 0.1) is 13.8 Å². The molecule has 1 aliphatic carbocycles. The van der Waals surface area contributed by atoms with Crippen LogP contribution in [0.5, 0.6) is 0 Å². The minimum absolute atomic E-state index is 0.0248. The minimum Gasteiger partial charge on any atom is -0.378 e. The van der Waals surface area contributed by atoms with Gasteiger partial charge in [-0.15, -0.1) is 11.3 Å². The fourth-order valence-electron chi connectivity index (χ4n) is 4.21. The van der Waals surface area contributed by atoms with E-state index in [-0.39, 0.29) is 18.2 Å². The lowest BCUT2D eigenvalue weighted by Gasteiger charge is -2.27. The van der Waals surface area contributed by atoms with Crippen LogP contribution >= 0.6 is 11.3 Å². The summed E-state index contributed by atoms with van der Waals surface area (Å²) in [6.07, 6.45) is 4.39. The monoisotopic (exact) mass is 416 g/mol. The quantitative estimate of drug-likeness (QED) is 0.831. The van der Waals surface area contributed by atoms with Crippen LogP contribution < -0.4 is 5.32 Å². The number of anilines is 1. The molecule has 0 atom stereocenters. The van der Waals surface area contributed by atoms with E-state index in [4.69, 9.17) is 4.74 Å². The van der Waals surface area contributed by atoms with Crippen LogP contribution in [0.15, 0.2) is 0 Å². The molecule has 0 radical (unpaired) electrons. The zero-order valence-corrected chi connectivity index (χ0v) is 18.2. The molecule has 1 aliphatic heterocycles. The Bertz CT molecular complexity index is 940. The first-order valence-electron chi connectivity index (χ1n) is 10.3. The van der Waals surface area contributed by atoms with Gasteiger partial charge in [0, 0.05) is 36.3 Å². The van der Waals surface area contributed by atoms with Crippen LogP contribution in [-0.2, 0) is 35.8 Å². The number of thiophene rings is 1. The number of fused-ring (bicyclic) bond motifs is 1. The van der Waals surface area contributed by atoms with Crippen LogP contribution in [0.3, 0.4) is 0 Å². The molecule has 0 saturated carbocycles. The van der Waals surface area contributed by atoms with Gasteiger partial charge in [-0.05, 0) is 45.1 Å². The second-order valence-electron chi connectivity index (χ2n) is 7.82. The highest BCUT2D eigenvalue weighted by molar-refractivity contribution is 7.17. The van der Waals surface area contributed by atoms with Crippen LogP contribution in [0.25, 0.3) is 0 Å². The highest BCUT2D eigenvalue weighted by Crippen LogP contribution is 2.39. The number of aryl methyl sites for hydroxylation is 3. The molecule has 2 aromatic heterocycles. The Labute approximate surface area is 175 Å². The van der Waals surface area contributed by atoms with Crippen LogP contribution in [-0.4, -0.2) is 52.8 Å². The average Bonchev–Trinajstić information content (AvgIpc) is 3.19. The molecule has 2 amide bonds. The zero-order chi connectivity index (χ0) is 20.5. The predicted octanol–water partition coefficient (Wildman–Crippen LogP) is 2.63. The van der Waals surface area contributed by atoms with Crippen molar-refractivity contribution >= 4 is 28.2 Å². The largest absolute Gasteiger partial charge is 0.378 e. The van der Waals surface area contributed by atoms with E-state index >= 15 is 0 Å². The van der Waals surface area contributed by atoms with E-state index in [1.165, 1.54) is 4.88 Å². The summed E-state index contributed by atoms with van der Waals surface area (Å²) in [4.78, 5) is 29.3. The van der Waals surface area contributed by atoms with E-state index in [1.807, 2.05) is 25.8 Å². The van der Waals surface area contributed by atoms with E-state index in [0.717, 1.165) is 48.2 Å². The standard InChI is InChI=1S/C21H28N4O3S/c1-13-16(14(2)24(3)23-13)12-18(26)22-20-19(15-6-4-5-7-17(15)29-20)21(27)25-8-10-28-11-9-25/h4-12H2,1-3H3,(H,22,26). The summed E-state index contributed by atoms with van der Waals surface area (Å²) in [5.74, 6) is -0.0736. The van der Waals surface area contributed by atoms with Crippen LogP contribution in [0.1, 0.15) is 50.6 Å². The molecule has 3 heterocycles. The van der Waals surface area contributed by atoms with E-state index in [9.17, 15) is 9.59 Å². The summed E-state index contributed by atoms with van der Waals surface area (Å²) in [7, 11) is 1.89. The molecular weight excluding hydrogens is 388 g/mol. The Balaban J connectivity index is 1.60. The summed E-state index contributed by atoms with van der Waals surface area (Å²) in [6.45, 7) is 6.24. The number of carbonyl (C=O) groups excluding carboxylic acids is 2. The SMILES string of the molecule is Cc1nn(C)c(C)c1CC(=O)Nc1sc2c(c1C(=O)N1CCOCC1)CCCC2. The number of aromatic nitrogens is 2. The molecule has 156 valence electrons. The van der Waals surface area contributed by atoms with Gasteiger partial charge < -0.3 is 15.0 Å². The molecular formula is C21H28N4O3S. The van der Waals surface area contributed by atoms with Crippen molar-refractivity contribution < 1.29 is 14.3 Å². The molecule has 0 bridgehead atoms. The summed E-state index contributed by atoms with van der Waals surface area (Å²) in [5, 5.41) is 8.17. The molecule has 7 nitrogen and oxygen atoms in total. The Morgan fingerprint density at radius 2 is 1.90 bits per heavy atom. The molecule has 29 heavy (non-hydrogen) atoms. The first-order valence-corrected chi connectivity index (χ1v) is 11.1. The highest BCUT2D eigenvalue weighted by atomic mass is 32.1. The number of ether oxygens (including phenoxy) is 1. The number of hydrogen-bond donors (Lipinski definition) is 1. The van der Waals surface area contributed by atoms with E-state index in [2.05, 4.69) is 10.4 Å². The third kappa shape index (κ3) is 3.96.